The molecule has 3 nitrogen and oxygen atoms in total. The predicted molar refractivity (Wildman–Crippen MR) is 72.3 cm³/mol. The zero-order chi connectivity index (χ0) is 14.1. The van der Waals surface area contributed by atoms with E-state index in [-0.39, 0.29) is 11.5 Å². The van der Waals surface area contributed by atoms with E-state index in [9.17, 15) is 9.18 Å². The molecule has 1 heterocycles. The molecular formula is C16H11FO3. The molecule has 0 atom stereocenters. The topological polar surface area (TPSA) is 39.4 Å². The third-order valence-electron chi connectivity index (χ3n) is 3.07. The van der Waals surface area contributed by atoms with Gasteiger partial charge < -0.3 is 9.15 Å². The Balaban J connectivity index is 1.97. The van der Waals surface area contributed by atoms with Crippen LogP contribution < -0.4 is 4.74 Å². The van der Waals surface area contributed by atoms with Crippen LogP contribution in [0.5, 0.6) is 5.75 Å². The number of fused-ring (bicyclic) bond motifs is 1. The minimum absolute atomic E-state index is 0.0921. The van der Waals surface area contributed by atoms with Crippen LogP contribution in [0.25, 0.3) is 11.0 Å². The maximum absolute atomic E-state index is 13.5. The summed E-state index contributed by atoms with van der Waals surface area (Å²) in [5.41, 5.74) is 1.28. The molecule has 20 heavy (non-hydrogen) atoms. The van der Waals surface area contributed by atoms with Gasteiger partial charge >= 0.3 is 5.97 Å². The lowest BCUT2D eigenvalue weighted by molar-refractivity contribution is 0.0696. The van der Waals surface area contributed by atoms with E-state index in [4.69, 9.17) is 9.15 Å². The lowest BCUT2D eigenvalue weighted by atomic mass is 10.1. The minimum atomic E-state index is -0.705. The molecule has 0 saturated heterocycles. The van der Waals surface area contributed by atoms with Crippen LogP contribution in [0.15, 0.2) is 52.9 Å². The Bertz CT molecular complexity index is 789. The fourth-order valence-electron chi connectivity index (χ4n) is 2.04. The number of furan rings is 1. The van der Waals surface area contributed by atoms with Crippen LogP contribution in [0.2, 0.25) is 0 Å². The van der Waals surface area contributed by atoms with Crippen molar-refractivity contribution in [3.63, 3.8) is 0 Å². The van der Waals surface area contributed by atoms with Gasteiger partial charge in [0.05, 0.1) is 0 Å². The van der Waals surface area contributed by atoms with Crippen LogP contribution in [0.3, 0.4) is 0 Å². The van der Waals surface area contributed by atoms with E-state index in [0.29, 0.717) is 11.1 Å². The number of carbonyl (C=O) groups is 1. The first-order valence-electron chi connectivity index (χ1n) is 6.11. The molecule has 0 spiro atoms. The number of hydrogen-bond acceptors (Lipinski definition) is 3. The predicted octanol–water partition coefficient (Wildman–Crippen LogP) is 4.10. The smallest absolute Gasteiger partial charge is 0.380 e. The number of esters is 1. The number of para-hydroxylation sites is 2. The van der Waals surface area contributed by atoms with Crippen molar-refractivity contribution >= 4 is 16.9 Å². The van der Waals surface area contributed by atoms with Crippen LogP contribution in [-0.2, 0) is 0 Å². The first kappa shape index (κ1) is 12.4. The Labute approximate surface area is 114 Å². The molecule has 0 N–H and O–H groups in total. The molecule has 2 aromatic carbocycles. The van der Waals surface area contributed by atoms with Crippen LogP contribution in [-0.4, -0.2) is 5.97 Å². The quantitative estimate of drug-likeness (QED) is 0.520. The summed E-state index contributed by atoms with van der Waals surface area (Å²) < 4.78 is 24.0. The summed E-state index contributed by atoms with van der Waals surface area (Å²) in [6.45, 7) is 1.77. The fraction of sp³-hybridized carbons (Fsp3) is 0.0625. The molecule has 0 fully saturated rings. The highest BCUT2D eigenvalue weighted by atomic mass is 19.1. The zero-order valence-corrected chi connectivity index (χ0v) is 10.7. The third kappa shape index (κ3) is 2.05. The van der Waals surface area contributed by atoms with Crippen molar-refractivity contribution < 1.29 is 18.3 Å². The Kier molecular flexibility index (Phi) is 2.99. The summed E-state index contributed by atoms with van der Waals surface area (Å²) in [7, 11) is 0. The maximum atomic E-state index is 13.5. The highest BCUT2D eigenvalue weighted by molar-refractivity contribution is 5.96. The Morgan fingerprint density at radius 1 is 1.10 bits per heavy atom. The van der Waals surface area contributed by atoms with Crippen LogP contribution in [0.4, 0.5) is 4.39 Å². The lowest BCUT2D eigenvalue weighted by Crippen LogP contribution is -2.09. The van der Waals surface area contributed by atoms with Gasteiger partial charge in [0.2, 0.25) is 5.76 Å². The molecule has 3 rings (SSSR count). The van der Waals surface area contributed by atoms with E-state index in [2.05, 4.69) is 0 Å². The lowest BCUT2D eigenvalue weighted by Gasteiger charge is -2.03. The standard InChI is InChI=1S/C16H11FO3/c1-10-11-6-2-4-8-13(11)19-15(10)16(18)20-14-9-5-3-7-12(14)17/h2-9H,1H3. The van der Waals surface area contributed by atoms with Crippen LogP contribution >= 0.6 is 0 Å². The fourth-order valence-corrected chi connectivity index (χ4v) is 2.04. The van der Waals surface area contributed by atoms with Crippen molar-refractivity contribution in [3.05, 3.63) is 65.7 Å². The molecule has 0 radical (unpaired) electrons. The van der Waals surface area contributed by atoms with E-state index >= 15 is 0 Å². The van der Waals surface area contributed by atoms with E-state index < -0.39 is 11.8 Å². The van der Waals surface area contributed by atoms with Crippen LogP contribution in [0, 0.1) is 12.7 Å². The molecule has 0 saturated carbocycles. The van der Waals surface area contributed by atoms with Gasteiger partial charge in [-0.3, -0.25) is 0 Å². The molecular weight excluding hydrogens is 259 g/mol. The normalized spacial score (nSPS) is 10.7. The average Bonchev–Trinajstić information content (AvgIpc) is 2.79. The number of benzene rings is 2. The Hall–Kier alpha value is -2.62. The van der Waals surface area contributed by atoms with Crippen molar-refractivity contribution in [2.24, 2.45) is 0 Å². The maximum Gasteiger partial charge on any atom is 0.380 e. The third-order valence-corrected chi connectivity index (χ3v) is 3.07. The summed E-state index contributed by atoms with van der Waals surface area (Å²) in [4.78, 5) is 12.1. The molecule has 0 aliphatic heterocycles. The molecule has 0 aliphatic carbocycles. The first-order valence-corrected chi connectivity index (χ1v) is 6.11. The highest BCUT2D eigenvalue weighted by Crippen LogP contribution is 2.26. The summed E-state index contributed by atoms with van der Waals surface area (Å²) in [6.07, 6.45) is 0. The molecule has 4 heteroatoms. The van der Waals surface area contributed by atoms with Gasteiger partial charge in [-0.2, -0.15) is 0 Å². The first-order chi connectivity index (χ1) is 9.66. The van der Waals surface area contributed by atoms with Gasteiger partial charge in [0.1, 0.15) is 5.58 Å². The largest absolute Gasteiger partial charge is 0.449 e. The number of aryl methyl sites for hydroxylation is 1. The molecule has 3 aromatic rings. The van der Waals surface area contributed by atoms with Gasteiger partial charge in [-0.05, 0) is 25.1 Å². The van der Waals surface area contributed by atoms with E-state index in [1.807, 2.05) is 18.2 Å². The van der Waals surface area contributed by atoms with Crippen molar-refractivity contribution in [1.82, 2.24) is 0 Å². The second-order valence-corrected chi connectivity index (χ2v) is 4.37. The Morgan fingerprint density at radius 3 is 2.55 bits per heavy atom. The number of hydrogen-bond donors (Lipinski definition) is 0. The molecule has 1 aromatic heterocycles. The van der Waals surface area contributed by atoms with Gasteiger partial charge in [0.25, 0.3) is 0 Å². The number of halogens is 1. The summed E-state index contributed by atoms with van der Waals surface area (Å²) >= 11 is 0. The van der Waals surface area contributed by atoms with Crippen molar-refractivity contribution in [3.8, 4) is 5.75 Å². The minimum Gasteiger partial charge on any atom is -0.449 e. The monoisotopic (exact) mass is 270 g/mol. The second kappa shape index (κ2) is 4.81. The van der Waals surface area contributed by atoms with E-state index in [1.54, 1.807) is 19.1 Å². The van der Waals surface area contributed by atoms with Gasteiger partial charge in [0.15, 0.2) is 11.6 Å². The van der Waals surface area contributed by atoms with Gasteiger partial charge in [-0.25, -0.2) is 9.18 Å². The second-order valence-electron chi connectivity index (χ2n) is 4.37. The van der Waals surface area contributed by atoms with Gasteiger partial charge in [0, 0.05) is 10.9 Å². The SMILES string of the molecule is Cc1c(C(=O)Oc2ccccc2F)oc2ccccc12. The van der Waals surface area contributed by atoms with Gasteiger partial charge in [-0.1, -0.05) is 30.3 Å². The molecule has 0 bridgehead atoms. The molecule has 0 aliphatic rings. The summed E-state index contributed by atoms with van der Waals surface area (Å²) in [5.74, 6) is -1.31. The molecule has 100 valence electrons. The van der Waals surface area contributed by atoms with E-state index in [1.165, 1.54) is 18.2 Å². The summed E-state index contributed by atoms with van der Waals surface area (Å²) in [6, 6.07) is 13.0. The Morgan fingerprint density at radius 2 is 1.80 bits per heavy atom. The van der Waals surface area contributed by atoms with Gasteiger partial charge in [-0.15, -0.1) is 0 Å². The van der Waals surface area contributed by atoms with Crippen LogP contribution in [0.1, 0.15) is 16.1 Å². The summed E-state index contributed by atoms with van der Waals surface area (Å²) in [5, 5.41) is 0.841. The number of rotatable bonds is 2. The number of ether oxygens (including phenoxy) is 1. The average molecular weight is 270 g/mol. The van der Waals surface area contributed by atoms with Crippen molar-refractivity contribution in [2.75, 3.05) is 0 Å². The van der Waals surface area contributed by atoms with E-state index in [0.717, 1.165) is 5.39 Å². The molecule has 0 unspecified atom stereocenters. The van der Waals surface area contributed by atoms with Crippen molar-refractivity contribution in [2.45, 2.75) is 6.92 Å². The van der Waals surface area contributed by atoms with Crippen molar-refractivity contribution in [1.29, 1.82) is 0 Å². The zero-order valence-electron chi connectivity index (χ0n) is 10.7. The number of carbonyl (C=O) groups excluding carboxylic acids is 1. The highest BCUT2D eigenvalue weighted by Gasteiger charge is 2.20. The molecule has 0 amide bonds.